The lowest BCUT2D eigenvalue weighted by Crippen LogP contribution is -2.31. The largest absolute Gasteiger partial charge is 0.345 e. The molecule has 3 aromatic rings. The zero-order valence-electron chi connectivity index (χ0n) is 16.1. The summed E-state index contributed by atoms with van der Waals surface area (Å²) in [7, 11) is 4.22. The Morgan fingerprint density at radius 3 is 2.46 bits per heavy atom. The Morgan fingerprint density at radius 2 is 1.81 bits per heavy atom. The molecule has 0 fully saturated rings. The lowest BCUT2D eigenvalue weighted by molar-refractivity contribution is 0.224. The molecule has 6 nitrogen and oxygen atoms in total. The van der Waals surface area contributed by atoms with E-state index in [0.29, 0.717) is 0 Å². The Bertz CT molecular complexity index is 818. The van der Waals surface area contributed by atoms with Gasteiger partial charge in [0.05, 0.1) is 11.4 Å². The molecular formula is C20H28N6. The number of hydrogen-bond acceptors (Lipinski definition) is 4. The zero-order chi connectivity index (χ0) is 18.5. The number of hydrogen-bond donors (Lipinski definition) is 1. The first-order chi connectivity index (χ1) is 12.5. The normalized spacial score (nSPS) is 11.6. The van der Waals surface area contributed by atoms with Crippen molar-refractivity contribution in [1.29, 1.82) is 0 Å². The van der Waals surface area contributed by atoms with Gasteiger partial charge in [0.15, 0.2) is 0 Å². The second kappa shape index (κ2) is 8.29. The van der Waals surface area contributed by atoms with E-state index in [1.54, 1.807) is 0 Å². The van der Waals surface area contributed by atoms with E-state index in [9.17, 15) is 0 Å². The molecule has 2 aromatic heterocycles. The summed E-state index contributed by atoms with van der Waals surface area (Å²) in [6, 6.07) is 10.3. The van der Waals surface area contributed by atoms with Crippen LogP contribution in [0.1, 0.15) is 22.8 Å². The van der Waals surface area contributed by atoms with Crippen LogP contribution < -0.4 is 0 Å². The molecule has 0 aliphatic heterocycles. The van der Waals surface area contributed by atoms with Crippen LogP contribution in [0.4, 0.5) is 0 Å². The molecule has 0 atom stereocenters. The highest BCUT2D eigenvalue weighted by atomic mass is 15.3. The highest BCUT2D eigenvalue weighted by Crippen LogP contribution is 2.15. The molecule has 2 heterocycles. The number of rotatable bonds is 8. The van der Waals surface area contributed by atoms with Gasteiger partial charge in [0.1, 0.15) is 5.82 Å². The van der Waals surface area contributed by atoms with E-state index in [-0.39, 0.29) is 0 Å². The second-order valence-corrected chi connectivity index (χ2v) is 7.03. The van der Waals surface area contributed by atoms with Crippen LogP contribution in [0.3, 0.4) is 0 Å². The average molecular weight is 352 g/mol. The Morgan fingerprint density at radius 1 is 1.04 bits per heavy atom. The van der Waals surface area contributed by atoms with E-state index in [2.05, 4.69) is 59.1 Å². The molecule has 0 bridgehead atoms. The van der Waals surface area contributed by atoms with E-state index < -0.39 is 0 Å². The predicted octanol–water partition coefficient (Wildman–Crippen LogP) is 2.78. The maximum atomic E-state index is 4.70. The van der Waals surface area contributed by atoms with E-state index >= 15 is 0 Å². The van der Waals surface area contributed by atoms with Gasteiger partial charge in [0.2, 0.25) is 0 Å². The Labute approximate surface area is 155 Å². The fourth-order valence-corrected chi connectivity index (χ4v) is 2.95. The van der Waals surface area contributed by atoms with Gasteiger partial charge in [-0.2, -0.15) is 5.10 Å². The van der Waals surface area contributed by atoms with Crippen LogP contribution in [-0.2, 0) is 13.1 Å². The lowest BCUT2D eigenvalue weighted by Gasteiger charge is -2.23. The molecule has 1 aromatic carbocycles. The number of likely N-dealkylation sites (N-methyl/N-ethyl adjacent to an activating group) is 1. The molecule has 138 valence electrons. The van der Waals surface area contributed by atoms with E-state index in [1.165, 1.54) is 5.56 Å². The Kier molecular flexibility index (Phi) is 5.85. The number of para-hydroxylation sites is 1. The summed E-state index contributed by atoms with van der Waals surface area (Å²) in [5, 5.41) is 4.70. The van der Waals surface area contributed by atoms with Crippen LogP contribution in [0.15, 0.2) is 42.7 Å². The van der Waals surface area contributed by atoms with Gasteiger partial charge < -0.3 is 9.88 Å². The summed E-state index contributed by atoms with van der Waals surface area (Å²) in [6.45, 7) is 7.79. The van der Waals surface area contributed by atoms with E-state index in [0.717, 1.165) is 49.1 Å². The van der Waals surface area contributed by atoms with Crippen LogP contribution in [0, 0.1) is 13.8 Å². The van der Waals surface area contributed by atoms with Crippen molar-refractivity contribution in [3.05, 3.63) is 65.5 Å². The molecular weight excluding hydrogens is 324 g/mol. The minimum absolute atomic E-state index is 0.852. The van der Waals surface area contributed by atoms with Gasteiger partial charge in [0, 0.05) is 49.8 Å². The van der Waals surface area contributed by atoms with Crippen molar-refractivity contribution in [2.45, 2.75) is 26.9 Å². The molecule has 0 unspecified atom stereocenters. The van der Waals surface area contributed by atoms with Crippen molar-refractivity contribution in [3.63, 3.8) is 0 Å². The molecule has 0 spiro atoms. The van der Waals surface area contributed by atoms with E-state index in [1.807, 2.05) is 36.0 Å². The fourth-order valence-electron chi connectivity index (χ4n) is 2.95. The monoisotopic (exact) mass is 352 g/mol. The summed E-state index contributed by atoms with van der Waals surface area (Å²) in [4.78, 5) is 12.3. The number of imidazole rings is 1. The molecule has 0 aliphatic carbocycles. The molecule has 0 saturated heterocycles. The first-order valence-electron chi connectivity index (χ1n) is 8.99. The van der Waals surface area contributed by atoms with Crippen LogP contribution in [0.5, 0.6) is 0 Å². The maximum absolute atomic E-state index is 4.70. The van der Waals surface area contributed by atoms with Gasteiger partial charge in [-0.05, 0) is 40.1 Å². The SMILES string of the molecule is Cc1ncc(CN(CCN(C)C)Cc2cn(-c3ccccc3)nc2C)[nH]1. The van der Waals surface area contributed by atoms with Gasteiger partial charge >= 0.3 is 0 Å². The van der Waals surface area contributed by atoms with Gasteiger partial charge in [-0.25, -0.2) is 9.67 Å². The number of nitrogens with one attached hydrogen (secondary N) is 1. The van der Waals surface area contributed by atoms with Crippen molar-refractivity contribution in [1.82, 2.24) is 29.5 Å². The molecule has 1 N–H and O–H groups in total. The molecule has 0 amide bonds. The lowest BCUT2D eigenvalue weighted by atomic mass is 10.2. The summed E-state index contributed by atoms with van der Waals surface area (Å²) >= 11 is 0. The number of aromatic nitrogens is 4. The topological polar surface area (TPSA) is 53.0 Å². The van der Waals surface area contributed by atoms with Crippen LogP contribution in [-0.4, -0.2) is 56.7 Å². The van der Waals surface area contributed by atoms with Crippen LogP contribution in [0.2, 0.25) is 0 Å². The third-order valence-corrected chi connectivity index (χ3v) is 4.43. The second-order valence-electron chi connectivity index (χ2n) is 7.03. The molecule has 0 saturated carbocycles. The standard InChI is InChI=1S/C20H28N6/c1-16-18(14-26(23-16)20-8-6-5-7-9-20)13-25(11-10-24(3)4)15-19-12-21-17(2)22-19/h5-9,12,14H,10-11,13,15H2,1-4H3,(H,21,22). The van der Waals surface area contributed by atoms with Crippen molar-refractivity contribution in [2.24, 2.45) is 0 Å². The quantitative estimate of drug-likeness (QED) is 0.677. The summed E-state index contributed by atoms with van der Waals surface area (Å²) in [5.74, 6) is 0.959. The molecule has 6 heteroatoms. The van der Waals surface area contributed by atoms with Crippen molar-refractivity contribution in [3.8, 4) is 5.69 Å². The Hall–Kier alpha value is -2.44. The number of nitrogens with zero attached hydrogens (tertiary/aromatic N) is 5. The van der Waals surface area contributed by atoms with E-state index in [4.69, 9.17) is 5.10 Å². The van der Waals surface area contributed by atoms with Crippen molar-refractivity contribution >= 4 is 0 Å². The molecule has 26 heavy (non-hydrogen) atoms. The number of benzene rings is 1. The van der Waals surface area contributed by atoms with Gasteiger partial charge in [-0.3, -0.25) is 4.90 Å². The minimum atomic E-state index is 0.852. The van der Waals surface area contributed by atoms with Gasteiger partial charge in [-0.15, -0.1) is 0 Å². The minimum Gasteiger partial charge on any atom is -0.345 e. The first kappa shape index (κ1) is 18.4. The van der Waals surface area contributed by atoms with Crippen LogP contribution in [0.25, 0.3) is 5.69 Å². The smallest absolute Gasteiger partial charge is 0.103 e. The van der Waals surface area contributed by atoms with Gasteiger partial charge in [0.25, 0.3) is 0 Å². The first-order valence-corrected chi connectivity index (χ1v) is 8.99. The molecule has 0 aliphatic rings. The summed E-state index contributed by atoms with van der Waals surface area (Å²) < 4.78 is 1.97. The summed E-state index contributed by atoms with van der Waals surface area (Å²) in [6.07, 6.45) is 4.07. The molecule has 3 rings (SSSR count). The predicted molar refractivity (Wildman–Crippen MR) is 104 cm³/mol. The fraction of sp³-hybridized carbons (Fsp3) is 0.400. The number of aromatic amines is 1. The third-order valence-electron chi connectivity index (χ3n) is 4.43. The molecule has 0 radical (unpaired) electrons. The highest BCUT2D eigenvalue weighted by Gasteiger charge is 2.13. The Balaban J connectivity index is 1.76. The third kappa shape index (κ3) is 4.80. The number of aryl methyl sites for hydroxylation is 2. The highest BCUT2D eigenvalue weighted by molar-refractivity contribution is 5.32. The summed E-state index contributed by atoms with van der Waals surface area (Å²) in [5.41, 5.74) is 4.56. The number of H-pyrrole nitrogens is 1. The van der Waals surface area contributed by atoms with Crippen molar-refractivity contribution in [2.75, 3.05) is 27.2 Å². The maximum Gasteiger partial charge on any atom is 0.103 e. The van der Waals surface area contributed by atoms with Crippen LogP contribution >= 0.6 is 0 Å². The van der Waals surface area contributed by atoms with Gasteiger partial charge in [-0.1, -0.05) is 18.2 Å². The zero-order valence-corrected chi connectivity index (χ0v) is 16.1. The van der Waals surface area contributed by atoms with Crippen molar-refractivity contribution < 1.29 is 0 Å². The average Bonchev–Trinajstić information content (AvgIpc) is 3.19.